The van der Waals surface area contributed by atoms with Gasteiger partial charge in [-0.2, -0.15) is 0 Å². The minimum atomic E-state index is 0.691. The molecule has 2 N–H and O–H groups in total. The first-order chi connectivity index (χ1) is 11.1. The Morgan fingerprint density at radius 1 is 0.957 bits per heavy atom. The Bertz CT molecular complexity index is 499. The highest BCUT2D eigenvalue weighted by Gasteiger charge is 2.27. The van der Waals surface area contributed by atoms with Crippen LogP contribution in [0.1, 0.15) is 25.8 Å². The Hall–Kier alpha value is -1.46. The van der Waals surface area contributed by atoms with Gasteiger partial charge in [-0.1, -0.05) is 6.92 Å². The molecule has 1 atom stereocenters. The summed E-state index contributed by atoms with van der Waals surface area (Å²) in [5.41, 5.74) is 1.19. The Kier molecular flexibility index (Phi) is 6.54. The normalized spacial score (nSPS) is 22.5. The number of ether oxygens (including phenoxy) is 3. The van der Waals surface area contributed by atoms with E-state index in [4.69, 9.17) is 14.2 Å². The summed E-state index contributed by atoms with van der Waals surface area (Å²) in [6.07, 6.45) is 1.26. The van der Waals surface area contributed by atoms with Crippen molar-refractivity contribution in [2.24, 2.45) is 0 Å². The number of quaternary nitrogens is 2. The van der Waals surface area contributed by atoms with Gasteiger partial charge in [0, 0.05) is 0 Å². The van der Waals surface area contributed by atoms with Crippen LogP contribution in [-0.2, 0) is 6.54 Å². The molecule has 0 amide bonds. The van der Waals surface area contributed by atoms with E-state index in [1.54, 1.807) is 31.1 Å². The van der Waals surface area contributed by atoms with Gasteiger partial charge in [0.15, 0.2) is 11.5 Å². The first kappa shape index (κ1) is 17.9. The highest BCUT2D eigenvalue weighted by molar-refractivity contribution is 5.55. The maximum atomic E-state index is 5.60. The van der Waals surface area contributed by atoms with Crippen LogP contribution in [-0.4, -0.2) is 53.6 Å². The quantitative estimate of drug-likeness (QED) is 0.729. The third-order valence-electron chi connectivity index (χ3n) is 5.13. The Balaban J connectivity index is 2.06. The van der Waals surface area contributed by atoms with E-state index in [1.807, 2.05) is 6.07 Å². The van der Waals surface area contributed by atoms with Gasteiger partial charge in [-0.15, -0.1) is 0 Å². The van der Waals surface area contributed by atoms with Crippen LogP contribution in [0.3, 0.4) is 0 Å². The summed E-state index contributed by atoms with van der Waals surface area (Å²) in [6, 6.07) is 4.84. The summed E-state index contributed by atoms with van der Waals surface area (Å²) in [5.74, 6) is 2.21. The van der Waals surface area contributed by atoms with Crippen LogP contribution in [0.25, 0.3) is 0 Å². The molecule has 1 saturated heterocycles. The van der Waals surface area contributed by atoms with Crippen LogP contribution < -0.4 is 24.0 Å². The minimum Gasteiger partial charge on any atom is -0.493 e. The van der Waals surface area contributed by atoms with Crippen molar-refractivity contribution in [1.82, 2.24) is 0 Å². The van der Waals surface area contributed by atoms with Crippen molar-refractivity contribution in [3.63, 3.8) is 0 Å². The summed E-state index contributed by atoms with van der Waals surface area (Å²) in [4.78, 5) is 3.36. The highest BCUT2D eigenvalue weighted by atomic mass is 16.5. The van der Waals surface area contributed by atoms with Crippen molar-refractivity contribution < 1.29 is 24.0 Å². The molecule has 1 aromatic carbocycles. The molecule has 2 rings (SSSR count). The second-order valence-corrected chi connectivity index (χ2v) is 6.39. The van der Waals surface area contributed by atoms with Gasteiger partial charge in [0.25, 0.3) is 0 Å². The molecule has 5 nitrogen and oxygen atoms in total. The zero-order valence-electron chi connectivity index (χ0n) is 15.2. The topological polar surface area (TPSA) is 36.6 Å². The molecule has 0 unspecified atom stereocenters. The Labute approximate surface area is 140 Å². The van der Waals surface area contributed by atoms with E-state index in [0.29, 0.717) is 11.5 Å². The standard InChI is InChI=1S/C18H30N2O3/c1-6-14(2)20-11-9-19(10-12-20)13-15-7-8-16(21-3)18(23-5)17(15)22-4/h7-8,14H,6,9-13H2,1-5H3/p+2/t14-/m1/s1. The summed E-state index contributed by atoms with van der Waals surface area (Å²) in [5, 5.41) is 0. The van der Waals surface area contributed by atoms with Gasteiger partial charge < -0.3 is 24.0 Å². The predicted octanol–water partition coefficient (Wildman–Crippen LogP) is -0.206. The molecule has 1 aromatic rings. The number of piperazine rings is 1. The summed E-state index contributed by atoms with van der Waals surface area (Å²) in [7, 11) is 5.01. The van der Waals surface area contributed by atoms with E-state index in [0.717, 1.165) is 18.3 Å². The van der Waals surface area contributed by atoms with E-state index in [2.05, 4.69) is 19.9 Å². The van der Waals surface area contributed by atoms with E-state index in [-0.39, 0.29) is 0 Å². The van der Waals surface area contributed by atoms with Crippen LogP contribution in [0.15, 0.2) is 12.1 Å². The van der Waals surface area contributed by atoms with Crippen LogP contribution in [0.2, 0.25) is 0 Å². The molecule has 1 fully saturated rings. The molecule has 0 aromatic heterocycles. The fraction of sp³-hybridized carbons (Fsp3) is 0.667. The van der Waals surface area contributed by atoms with Crippen LogP contribution in [0.5, 0.6) is 17.2 Å². The minimum absolute atomic E-state index is 0.691. The molecule has 1 aliphatic heterocycles. The average Bonchev–Trinajstić information content (AvgIpc) is 2.61. The summed E-state index contributed by atoms with van der Waals surface area (Å²) >= 11 is 0. The van der Waals surface area contributed by atoms with Crippen LogP contribution >= 0.6 is 0 Å². The molecular weight excluding hydrogens is 292 g/mol. The van der Waals surface area contributed by atoms with Gasteiger partial charge in [0.2, 0.25) is 5.75 Å². The van der Waals surface area contributed by atoms with Crippen molar-refractivity contribution >= 4 is 0 Å². The van der Waals surface area contributed by atoms with E-state index < -0.39 is 0 Å². The number of methoxy groups -OCH3 is 3. The molecule has 1 aliphatic rings. The predicted molar refractivity (Wildman–Crippen MR) is 90.9 cm³/mol. The third kappa shape index (κ3) is 4.09. The fourth-order valence-corrected chi connectivity index (χ4v) is 3.45. The van der Waals surface area contributed by atoms with Crippen molar-refractivity contribution in [3.05, 3.63) is 17.7 Å². The number of benzene rings is 1. The van der Waals surface area contributed by atoms with Crippen molar-refractivity contribution in [2.45, 2.75) is 32.9 Å². The molecule has 0 radical (unpaired) electrons. The van der Waals surface area contributed by atoms with E-state index in [9.17, 15) is 0 Å². The lowest BCUT2D eigenvalue weighted by molar-refractivity contribution is -1.03. The first-order valence-corrected chi connectivity index (χ1v) is 8.60. The second-order valence-electron chi connectivity index (χ2n) is 6.39. The van der Waals surface area contributed by atoms with Gasteiger partial charge in [-0.3, -0.25) is 0 Å². The lowest BCUT2D eigenvalue weighted by atomic mass is 10.1. The van der Waals surface area contributed by atoms with E-state index in [1.165, 1.54) is 38.2 Å². The molecule has 0 aliphatic carbocycles. The van der Waals surface area contributed by atoms with Gasteiger partial charge in [0.1, 0.15) is 32.7 Å². The average molecular weight is 324 g/mol. The number of hydrogen-bond donors (Lipinski definition) is 2. The molecule has 1 heterocycles. The molecule has 0 spiro atoms. The SMILES string of the molecule is CC[C@@H](C)[NH+]1CC[NH+](Cc2ccc(OC)c(OC)c2OC)CC1. The lowest BCUT2D eigenvalue weighted by Crippen LogP contribution is -3.29. The number of hydrogen-bond acceptors (Lipinski definition) is 3. The monoisotopic (exact) mass is 324 g/mol. The lowest BCUT2D eigenvalue weighted by Gasteiger charge is -2.33. The fourth-order valence-electron chi connectivity index (χ4n) is 3.45. The summed E-state index contributed by atoms with van der Waals surface area (Å²) < 4.78 is 16.5. The smallest absolute Gasteiger partial charge is 0.203 e. The zero-order chi connectivity index (χ0) is 16.8. The zero-order valence-corrected chi connectivity index (χ0v) is 15.2. The number of nitrogens with one attached hydrogen (secondary N) is 2. The third-order valence-corrected chi connectivity index (χ3v) is 5.13. The summed E-state index contributed by atoms with van der Waals surface area (Å²) in [6.45, 7) is 10.5. The number of rotatable bonds is 7. The molecule has 0 saturated carbocycles. The van der Waals surface area contributed by atoms with Crippen molar-refractivity contribution in [3.8, 4) is 17.2 Å². The van der Waals surface area contributed by atoms with Gasteiger partial charge in [-0.25, -0.2) is 0 Å². The maximum absolute atomic E-state index is 5.60. The van der Waals surface area contributed by atoms with Crippen LogP contribution in [0, 0.1) is 0 Å². The second kappa shape index (κ2) is 8.41. The molecule has 0 bridgehead atoms. The van der Waals surface area contributed by atoms with E-state index >= 15 is 0 Å². The molecule has 5 heteroatoms. The highest BCUT2D eigenvalue weighted by Crippen LogP contribution is 2.39. The van der Waals surface area contributed by atoms with Crippen molar-refractivity contribution in [1.29, 1.82) is 0 Å². The molecule has 23 heavy (non-hydrogen) atoms. The largest absolute Gasteiger partial charge is 0.493 e. The van der Waals surface area contributed by atoms with Gasteiger partial charge in [0.05, 0.1) is 32.9 Å². The van der Waals surface area contributed by atoms with Gasteiger partial charge >= 0.3 is 0 Å². The van der Waals surface area contributed by atoms with Gasteiger partial charge in [-0.05, 0) is 25.5 Å². The molecule has 130 valence electrons. The Morgan fingerprint density at radius 2 is 1.61 bits per heavy atom. The van der Waals surface area contributed by atoms with Crippen LogP contribution in [0.4, 0.5) is 0 Å². The molecular formula is C18H32N2O3+2. The van der Waals surface area contributed by atoms with Crippen molar-refractivity contribution in [2.75, 3.05) is 47.5 Å². The Morgan fingerprint density at radius 3 is 2.13 bits per heavy atom. The first-order valence-electron chi connectivity index (χ1n) is 8.60. The maximum Gasteiger partial charge on any atom is 0.203 e.